The molecule has 0 spiro atoms. The summed E-state index contributed by atoms with van der Waals surface area (Å²) in [6.07, 6.45) is 5.07. The molecule has 0 saturated heterocycles. The van der Waals surface area contributed by atoms with Crippen molar-refractivity contribution >= 4 is 15.9 Å². The van der Waals surface area contributed by atoms with Crippen molar-refractivity contribution in [2.45, 2.75) is 25.8 Å². The summed E-state index contributed by atoms with van der Waals surface area (Å²) in [4.78, 5) is 2.37. The first kappa shape index (κ1) is 12.7. The Morgan fingerprint density at radius 2 is 2.20 bits per heavy atom. The van der Waals surface area contributed by atoms with Gasteiger partial charge in [-0.15, -0.1) is 0 Å². The molecule has 3 nitrogen and oxygen atoms in total. The molecule has 0 fully saturated rings. The molecule has 0 atom stereocenters. The van der Waals surface area contributed by atoms with E-state index in [0.717, 1.165) is 18.3 Å². The third-order valence-corrected chi connectivity index (χ3v) is 4.23. The summed E-state index contributed by atoms with van der Waals surface area (Å²) in [6, 6.07) is 0. The molecule has 0 amide bonds. The van der Waals surface area contributed by atoms with Crippen molar-refractivity contribution in [1.82, 2.24) is 14.7 Å². The smallest absolute Gasteiger partial charge is 0.0522 e. The molecule has 1 heterocycles. The number of hydrogen-bond acceptors (Lipinski definition) is 2. The molecule has 0 bridgehead atoms. The van der Waals surface area contributed by atoms with Crippen molar-refractivity contribution < 1.29 is 0 Å². The lowest BCUT2D eigenvalue weighted by Gasteiger charge is -2.33. The first-order chi connectivity index (χ1) is 6.95. The Hall–Kier alpha value is -0.350. The first-order valence-corrected chi connectivity index (χ1v) is 6.32. The van der Waals surface area contributed by atoms with Gasteiger partial charge in [0, 0.05) is 30.7 Å². The molecule has 1 aromatic rings. The second kappa shape index (κ2) is 5.12. The number of alkyl halides is 1. The molecule has 0 aliphatic carbocycles. The van der Waals surface area contributed by atoms with Crippen LogP contribution in [-0.2, 0) is 13.5 Å². The number of likely N-dealkylation sites (N-methyl/N-ethyl adjacent to an activating group) is 1. The lowest BCUT2D eigenvalue weighted by molar-refractivity contribution is 0.184. The van der Waals surface area contributed by atoms with Gasteiger partial charge in [0.15, 0.2) is 0 Å². The molecule has 0 N–H and O–H groups in total. The van der Waals surface area contributed by atoms with Crippen LogP contribution in [0.15, 0.2) is 12.4 Å². The van der Waals surface area contributed by atoms with Gasteiger partial charge in [0.2, 0.25) is 0 Å². The molecule has 86 valence electrons. The number of halogens is 1. The maximum absolute atomic E-state index is 4.17. The van der Waals surface area contributed by atoms with Crippen LogP contribution in [0.3, 0.4) is 0 Å². The van der Waals surface area contributed by atoms with Gasteiger partial charge < -0.3 is 4.90 Å². The summed E-state index contributed by atoms with van der Waals surface area (Å²) in [6.45, 7) is 5.54. The quantitative estimate of drug-likeness (QED) is 0.766. The van der Waals surface area contributed by atoms with Crippen LogP contribution in [0.25, 0.3) is 0 Å². The van der Waals surface area contributed by atoms with Crippen LogP contribution in [0, 0.1) is 0 Å². The zero-order valence-electron chi connectivity index (χ0n) is 10.00. The highest BCUT2D eigenvalue weighted by Gasteiger charge is 2.21. The molecular formula is C11H20BrN3. The Bertz CT molecular complexity index is 307. The van der Waals surface area contributed by atoms with Crippen molar-refractivity contribution in [3.63, 3.8) is 0 Å². The Morgan fingerprint density at radius 3 is 2.67 bits per heavy atom. The third-order valence-electron chi connectivity index (χ3n) is 2.85. The maximum atomic E-state index is 4.17. The monoisotopic (exact) mass is 273 g/mol. The summed E-state index contributed by atoms with van der Waals surface area (Å²) in [5.41, 5.74) is 1.51. The molecule has 15 heavy (non-hydrogen) atoms. The molecule has 0 unspecified atom stereocenters. The topological polar surface area (TPSA) is 21.1 Å². The van der Waals surface area contributed by atoms with E-state index in [4.69, 9.17) is 0 Å². The minimum absolute atomic E-state index is 0.211. The number of hydrogen-bond donors (Lipinski definition) is 0. The SMILES string of the molecule is CN(CCc1cnn(C)c1)C(C)(C)CBr. The fourth-order valence-corrected chi connectivity index (χ4v) is 1.73. The van der Waals surface area contributed by atoms with Gasteiger partial charge in [0.25, 0.3) is 0 Å². The minimum atomic E-state index is 0.211. The second-order valence-electron chi connectivity index (χ2n) is 4.64. The lowest BCUT2D eigenvalue weighted by Crippen LogP contribution is -2.43. The van der Waals surface area contributed by atoms with E-state index < -0.39 is 0 Å². The summed E-state index contributed by atoms with van der Waals surface area (Å²) in [7, 11) is 4.12. The van der Waals surface area contributed by atoms with Crippen LogP contribution in [0.1, 0.15) is 19.4 Å². The van der Waals surface area contributed by atoms with Crippen LogP contribution < -0.4 is 0 Å². The van der Waals surface area contributed by atoms with Crippen LogP contribution in [-0.4, -0.2) is 39.1 Å². The van der Waals surface area contributed by atoms with Crippen molar-refractivity contribution in [2.24, 2.45) is 7.05 Å². The largest absolute Gasteiger partial charge is 0.300 e. The molecular weight excluding hydrogens is 254 g/mol. The van der Waals surface area contributed by atoms with E-state index >= 15 is 0 Å². The van der Waals surface area contributed by atoms with Crippen LogP contribution >= 0.6 is 15.9 Å². The van der Waals surface area contributed by atoms with Crippen molar-refractivity contribution in [3.05, 3.63) is 18.0 Å². The summed E-state index contributed by atoms with van der Waals surface area (Å²) in [5, 5.41) is 5.16. The highest BCUT2D eigenvalue weighted by atomic mass is 79.9. The normalized spacial score (nSPS) is 12.4. The maximum Gasteiger partial charge on any atom is 0.0522 e. The van der Waals surface area contributed by atoms with Crippen molar-refractivity contribution in [2.75, 3.05) is 18.9 Å². The zero-order chi connectivity index (χ0) is 11.5. The standard InChI is InChI=1S/C11H20BrN3/c1-11(2,9-12)14(3)6-5-10-7-13-15(4)8-10/h7-8H,5-6,9H2,1-4H3. The van der Waals surface area contributed by atoms with E-state index in [1.165, 1.54) is 5.56 Å². The van der Waals surface area contributed by atoms with Crippen LogP contribution in [0.5, 0.6) is 0 Å². The van der Waals surface area contributed by atoms with Gasteiger partial charge in [-0.1, -0.05) is 15.9 Å². The van der Waals surface area contributed by atoms with E-state index in [2.05, 4.69) is 53.0 Å². The van der Waals surface area contributed by atoms with Gasteiger partial charge >= 0.3 is 0 Å². The number of aromatic nitrogens is 2. The highest BCUT2D eigenvalue weighted by molar-refractivity contribution is 9.09. The lowest BCUT2D eigenvalue weighted by atomic mass is 10.1. The fourth-order valence-electron chi connectivity index (χ4n) is 1.30. The summed E-state index contributed by atoms with van der Waals surface area (Å²) >= 11 is 3.54. The third kappa shape index (κ3) is 3.61. The van der Waals surface area contributed by atoms with E-state index in [9.17, 15) is 0 Å². The van der Waals surface area contributed by atoms with E-state index in [1.807, 2.05) is 17.9 Å². The molecule has 0 aliphatic rings. The number of nitrogens with zero attached hydrogens (tertiary/aromatic N) is 3. The second-order valence-corrected chi connectivity index (χ2v) is 5.20. The van der Waals surface area contributed by atoms with Crippen LogP contribution in [0.2, 0.25) is 0 Å². The van der Waals surface area contributed by atoms with Crippen molar-refractivity contribution in [3.8, 4) is 0 Å². The van der Waals surface area contributed by atoms with E-state index in [-0.39, 0.29) is 5.54 Å². The van der Waals surface area contributed by atoms with E-state index in [1.54, 1.807) is 0 Å². The fraction of sp³-hybridized carbons (Fsp3) is 0.727. The minimum Gasteiger partial charge on any atom is -0.300 e. The molecule has 4 heteroatoms. The molecule has 1 aromatic heterocycles. The predicted molar refractivity (Wildman–Crippen MR) is 67.4 cm³/mol. The molecule has 0 saturated carbocycles. The number of rotatable bonds is 5. The average Bonchev–Trinajstić information content (AvgIpc) is 2.60. The van der Waals surface area contributed by atoms with Crippen LogP contribution in [0.4, 0.5) is 0 Å². The Morgan fingerprint density at radius 1 is 1.53 bits per heavy atom. The Balaban J connectivity index is 2.44. The average molecular weight is 274 g/mol. The van der Waals surface area contributed by atoms with Gasteiger partial charge in [-0.2, -0.15) is 5.10 Å². The van der Waals surface area contributed by atoms with Gasteiger partial charge in [0.05, 0.1) is 6.20 Å². The molecule has 0 aliphatic heterocycles. The molecule has 0 radical (unpaired) electrons. The van der Waals surface area contributed by atoms with E-state index in [0.29, 0.717) is 0 Å². The van der Waals surface area contributed by atoms with Gasteiger partial charge in [-0.3, -0.25) is 4.68 Å². The Kier molecular flexibility index (Phi) is 4.34. The first-order valence-electron chi connectivity index (χ1n) is 5.20. The van der Waals surface area contributed by atoms with Gasteiger partial charge in [-0.05, 0) is 32.9 Å². The summed E-state index contributed by atoms with van der Waals surface area (Å²) < 4.78 is 1.85. The Labute approximate surface area is 101 Å². The van der Waals surface area contributed by atoms with Crippen molar-refractivity contribution in [1.29, 1.82) is 0 Å². The molecule has 1 rings (SSSR count). The molecule has 0 aromatic carbocycles. The summed E-state index contributed by atoms with van der Waals surface area (Å²) in [5.74, 6) is 0. The van der Waals surface area contributed by atoms with Gasteiger partial charge in [0.1, 0.15) is 0 Å². The predicted octanol–water partition coefficient (Wildman–Crippen LogP) is 2.07. The zero-order valence-corrected chi connectivity index (χ0v) is 11.6. The number of aryl methyl sites for hydroxylation is 1. The van der Waals surface area contributed by atoms with Gasteiger partial charge in [-0.25, -0.2) is 0 Å². The highest BCUT2D eigenvalue weighted by Crippen LogP contribution is 2.15.